The topological polar surface area (TPSA) is 71.5 Å². The lowest BCUT2D eigenvalue weighted by Gasteiger charge is -2.15. The highest BCUT2D eigenvalue weighted by Crippen LogP contribution is 2.32. The molecule has 0 saturated carbocycles. The molecule has 32 heavy (non-hydrogen) atoms. The van der Waals surface area contributed by atoms with Gasteiger partial charge in [-0.25, -0.2) is 0 Å². The van der Waals surface area contributed by atoms with Crippen LogP contribution in [0.15, 0.2) is 78.8 Å². The van der Waals surface area contributed by atoms with Crippen molar-refractivity contribution in [2.45, 2.75) is 19.9 Å². The van der Waals surface area contributed by atoms with E-state index in [9.17, 15) is 9.59 Å². The number of hydrogen-bond acceptors (Lipinski definition) is 5. The maximum atomic E-state index is 13.3. The average Bonchev–Trinajstić information content (AvgIpc) is 3.03. The molecule has 0 atom stereocenters. The summed E-state index contributed by atoms with van der Waals surface area (Å²) >= 11 is 6.03. The van der Waals surface area contributed by atoms with Crippen molar-refractivity contribution in [1.82, 2.24) is 9.88 Å². The predicted molar refractivity (Wildman–Crippen MR) is 124 cm³/mol. The van der Waals surface area contributed by atoms with Crippen molar-refractivity contribution in [3.8, 4) is 5.75 Å². The average molecular weight is 448 g/mol. The Kier molecular flexibility index (Phi) is 6.52. The molecule has 2 amide bonds. The summed E-state index contributed by atoms with van der Waals surface area (Å²) in [5.74, 6) is -0.0671. The van der Waals surface area contributed by atoms with Gasteiger partial charge in [-0.05, 0) is 53.9 Å². The summed E-state index contributed by atoms with van der Waals surface area (Å²) in [6, 6.07) is 17.8. The van der Waals surface area contributed by atoms with Crippen molar-refractivity contribution in [2.24, 2.45) is 0 Å². The highest BCUT2D eigenvalue weighted by molar-refractivity contribution is 6.36. The molecule has 1 N–H and O–H groups in total. The Morgan fingerprint density at radius 3 is 2.47 bits per heavy atom. The zero-order valence-corrected chi connectivity index (χ0v) is 18.3. The normalized spacial score (nSPS) is 13.6. The SMILES string of the molecule is CCCOc1cccc(NC2=C(c3ccc(Cl)cc3)C(=O)N(Cc3ccncc3)C2=O)c1. The molecule has 2 aromatic carbocycles. The molecular formula is C25H22ClN3O3. The van der Waals surface area contributed by atoms with Crippen LogP contribution in [0.3, 0.4) is 0 Å². The molecule has 1 aliphatic heterocycles. The minimum atomic E-state index is -0.392. The summed E-state index contributed by atoms with van der Waals surface area (Å²) in [4.78, 5) is 31.9. The molecule has 7 heteroatoms. The Hall–Kier alpha value is -3.64. The summed E-state index contributed by atoms with van der Waals surface area (Å²) in [6.45, 7) is 2.78. The van der Waals surface area contributed by atoms with Gasteiger partial charge in [-0.15, -0.1) is 0 Å². The number of amides is 2. The number of rotatable bonds is 8. The largest absolute Gasteiger partial charge is 0.494 e. The van der Waals surface area contributed by atoms with Gasteiger partial charge in [-0.3, -0.25) is 19.5 Å². The Morgan fingerprint density at radius 1 is 1.00 bits per heavy atom. The molecule has 0 spiro atoms. The van der Waals surface area contributed by atoms with E-state index in [1.807, 2.05) is 31.2 Å². The Bertz CT molecular complexity index is 1160. The van der Waals surface area contributed by atoms with Crippen LogP contribution < -0.4 is 10.1 Å². The van der Waals surface area contributed by atoms with Crippen LogP contribution in [0.1, 0.15) is 24.5 Å². The number of halogens is 1. The summed E-state index contributed by atoms with van der Waals surface area (Å²) in [5, 5.41) is 3.71. The summed E-state index contributed by atoms with van der Waals surface area (Å²) in [5.41, 5.74) is 2.62. The molecule has 0 bridgehead atoms. The third-order valence-corrected chi connectivity index (χ3v) is 5.22. The lowest BCUT2D eigenvalue weighted by atomic mass is 10.0. The summed E-state index contributed by atoms with van der Waals surface area (Å²) < 4.78 is 5.69. The first-order valence-electron chi connectivity index (χ1n) is 10.3. The fourth-order valence-corrected chi connectivity index (χ4v) is 3.54. The van der Waals surface area contributed by atoms with Crippen LogP contribution in [-0.4, -0.2) is 28.3 Å². The number of hydrogen-bond donors (Lipinski definition) is 1. The van der Waals surface area contributed by atoms with Crippen molar-refractivity contribution >= 4 is 34.7 Å². The first-order valence-corrected chi connectivity index (χ1v) is 10.7. The molecule has 6 nitrogen and oxygen atoms in total. The number of carbonyl (C=O) groups excluding carboxylic acids is 2. The number of aromatic nitrogens is 1. The van der Waals surface area contributed by atoms with Gasteiger partial charge in [-0.2, -0.15) is 0 Å². The third-order valence-electron chi connectivity index (χ3n) is 4.97. The predicted octanol–water partition coefficient (Wildman–Crippen LogP) is 4.92. The van der Waals surface area contributed by atoms with Gasteiger partial charge in [0.25, 0.3) is 11.8 Å². The molecule has 0 radical (unpaired) electrons. The van der Waals surface area contributed by atoms with E-state index in [2.05, 4.69) is 10.3 Å². The maximum Gasteiger partial charge on any atom is 0.278 e. The minimum Gasteiger partial charge on any atom is -0.494 e. The van der Waals surface area contributed by atoms with E-state index in [0.29, 0.717) is 34.2 Å². The lowest BCUT2D eigenvalue weighted by Crippen LogP contribution is -2.32. The fraction of sp³-hybridized carbons (Fsp3) is 0.160. The second kappa shape index (κ2) is 9.66. The standard InChI is InChI=1S/C25H22ClN3O3/c1-2-14-32-21-5-3-4-20(15-21)28-23-22(18-6-8-19(26)9-7-18)24(30)29(25(23)31)16-17-10-12-27-13-11-17/h3-13,15,28H,2,14,16H2,1H3. The van der Waals surface area contributed by atoms with Crippen molar-refractivity contribution in [2.75, 3.05) is 11.9 Å². The Balaban J connectivity index is 1.70. The molecule has 1 aromatic heterocycles. The fourth-order valence-electron chi connectivity index (χ4n) is 3.42. The van der Waals surface area contributed by atoms with Crippen molar-refractivity contribution in [3.63, 3.8) is 0 Å². The number of ether oxygens (including phenoxy) is 1. The molecular weight excluding hydrogens is 426 g/mol. The molecule has 2 heterocycles. The molecule has 0 fully saturated rings. The number of imide groups is 1. The first kappa shape index (κ1) is 21.6. The molecule has 0 saturated heterocycles. The van der Waals surface area contributed by atoms with E-state index in [4.69, 9.17) is 16.3 Å². The highest BCUT2D eigenvalue weighted by Gasteiger charge is 2.39. The van der Waals surface area contributed by atoms with Crippen LogP contribution in [0, 0.1) is 0 Å². The van der Waals surface area contributed by atoms with Gasteiger partial charge in [0.1, 0.15) is 11.4 Å². The van der Waals surface area contributed by atoms with E-state index in [1.165, 1.54) is 4.90 Å². The smallest absolute Gasteiger partial charge is 0.278 e. The van der Waals surface area contributed by atoms with Gasteiger partial charge in [0, 0.05) is 29.2 Å². The van der Waals surface area contributed by atoms with Crippen LogP contribution >= 0.6 is 11.6 Å². The van der Waals surface area contributed by atoms with E-state index >= 15 is 0 Å². The third kappa shape index (κ3) is 4.65. The van der Waals surface area contributed by atoms with Gasteiger partial charge in [-0.1, -0.05) is 36.7 Å². The number of anilines is 1. The lowest BCUT2D eigenvalue weighted by molar-refractivity contribution is -0.137. The highest BCUT2D eigenvalue weighted by atomic mass is 35.5. The zero-order valence-electron chi connectivity index (χ0n) is 17.5. The van der Waals surface area contributed by atoms with Crippen molar-refractivity contribution < 1.29 is 14.3 Å². The van der Waals surface area contributed by atoms with Crippen LogP contribution in [0.25, 0.3) is 5.57 Å². The number of nitrogens with one attached hydrogen (secondary N) is 1. The summed E-state index contributed by atoms with van der Waals surface area (Å²) in [7, 11) is 0. The van der Waals surface area contributed by atoms with Gasteiger partial charge < -0.3 is 10.1 Å². The van der Waals surface area contributed by atoms with Gasteiger partial charge in [0.2, 0.25) is 0 Å². The van der Waals surface area contributed by atoms with E-state index < -0.39 is 5.91 Å². The van der Waals surface area contributed by atoms with Crippen molar-refractivity contribution in [3.05, 3.63) is 94.9 Å². The number of benzene rings is 2. The molecule has 0 aliphatic carbocycles. The van der Waals surface area contributed by atoms with Crippen LogP contribution in [0.5, 0.6) is 5.75 Å². The van der Waals surface area contributed by atoms with Crippen molar-refractivity contribution in [1.29, 1.82) is 0 Å². The Labute approximate surface area is 191 Å². The van der Waals surface area contributed by atoms with E-state index in [1.54, 1.807) is 48.8 Å². The maximum absolute atomic E-state index is 13.3. The first-order chi connectivity index (χ1) is 15.6. The molecule has 0 unspecified atom stereocenters. The quantitative estimate of drug-likeness (QED) is 0.496. The van der Waals surface area contributed by atoms with E-state index in [-0.39, 0.29) is 18.1 Å². The monoisotopic (exact) mass is 447 g/mol. The second-order valence-corrected chi connectivity index (χ2v) is 7.75. The summed E-state index contributed by atoms with van der Waals surface area (Å²) in [6.07, 6.45) is 4.16. The van der Waals surface area contributed by atoms with Crippen LogP contribution in [-0.2, 0) is 16.1 Å². The number of nitrogens with zero attached hydrogens (tertiary/aromatic N) is 2. The number of pyridine rings is 1. The molecule has 1 aliphatic rings. The zero-order chi connectivity index (χ0) is 22.5. The van der Waals surface area contributed by atoms with Crippen LogP contribution in [0.2, 0.25) is 5.02 Å². The van der Waals surface area contributed by atoms with Gasteiger partial charge in [0.15, 0.2) is 0 Å². The second-order valence-electron chi connectivity index (χ2n) is 7.31. The van der Waals surface area contributed by atoms with E-state index in [0.717, 1.165) is 12.0 Å². The van der Waals surface area contributed by atoms with Gasteiger partial charge in [0.05, 0.1) is 18.7 Å². The molecule has 4 rings (SSSR count). The molecule has 162 valence electrons. The van der Waals surface area contributed by atoms with Gasteiger partial charge >= 0.3 is 0 Å². The minimum absolute atomic E-state index is 0.155. The number of carbonyl (C=O) groups is 2. The Morgan fingerprint density at radius 2 is 1.75 bits per heavy atom. The van der Waals surface area contributed by atoms with Crippen LogP contribution in [0.4, 0.5) is 5.69 Å². The molecule has 3 aromatic rings.